The SMILES string of the molecule is CCOC(=O)C1(C(=O)OCC)CC2=CC(C)(C)CC=CC2C1. The summed E-state index contributed by atoms with van der Waals surface area (Å²) >= 11 is 0. The zero-order chi connectivity index (χ0) is 16.4. The average molecular weight is 306 g/mol. The standard InChI is InChI=1S/C18H26O4/c1-5-21-15(19)18(16(20)22-6-2)11-13-8-7-9-17(3,4)10-14(13)12-18/h7-8,10,13H,5-6,9,11-12H2,1-4H3. The molecule has 0 saturated heterocycles. The van der Waals surface area contributed by atoms with Gasteiger partial charge in [0.2, 0.25) is 0 Å². The lowest BCUT2D eigenvalue weighted by Gasteiger charge is -2.24. The molecule has 0 aromatic rings. The molecule has 22 heavy (non-hydrogen) atoms. The molecule has 2 rings (SSSR count). The van der Waals surface area contributed by atoms with Gasteiger partial charge in [0.1, 0.15) is 0 Å². The Balaban J connectivity index is 2.38. The Bertz CT molecular complexity index is 495. The second-order valence-electron chi connectivity index (χ2n) is 6.85. The van der Waals surface area contributed by atoms with Crippen LogP contribution in [-0.2, 0) is 19.1 Å². The number of carbonyl (C=O) groups is 2. The van der Waals surface area contributed by atoms with Gasteiger partial charge in [0.25, 0.3) is 0 Å². The van der Waals surface area contributed by atoms with E-state index in [1.807, 2.05) is 0 Å². The minimum atomic E-state index is -1.18. The summed E-state index contributed by atoms with van der Waals surface area (Å²) in [5.41, 5.74) is 0.0140. The van der Waals surface area contributed by atoms with Crippen LogP contribution in [0.25, 0.3) is 0 Å². The van der Waals surface area contributed by atoms with E-state index in [1.54, 1.807) is 13.8 Å². The van der Waals surface area contributed by atoms with Gasteiger partial charge in [0.15, 0.2) is 5.41 Å². The highest BCUT2D eigenvalue weighted by Gasteiger charge is 2.55. The first-order chi connectivity index (χ1) is 10.3. The zero-order valence-corrected chi connectivity index (χ0v) is 14.0. The summed E-state index contributed by atoms with van der Waals surface area (Å²) in [7, 11) is 0. The van der Waals surface area contributed by atoms with E-state index in [9.17, 15) is 9.59 Å². The molecule has 2 aliphatic rings. The molecule has 0 N–H and O–H groups in total. The van der Waals surface area contributed by atoms with Crippen LogP contribution < -0.4 is 0 Å². The van der Waals surface area contributed by atoms with Crippen molar-refractivity contribution < 1.29 is 19.1 Å². The number of hydrogen-bond donors (Lipinski definition) is 0. The van der Waals surface area contributed by atoms with Gasteiger partial charge < -0.3 is 9.47 Å². The second-order valence-corrected chi connectivity index (χ2v) is 6.85. The molecule has 4 nitrogen and oxygen atoms in total. The number of ether oxygens (including phenoxy) is 2. The molecule has 2 aliphatic carbocycles. The maximum atomic E-state index is 12.5. The molecule has 4 heteroatoms. The van der Waals surface area contributed by atoms with E-state index in [1.165, 1.54) is 0 Å². The van der Waals surface area contributed by atoms with Crippen molar-refractivity contribution in [1.29, 1.82) is 0 Å². The lowest BCUT2D eigenvalue weighted by Crippen LogP contribution is -2.40. The molecule has 1 atom stereocenters. The first-order valence-corrected chi connectivity index (χ1v) is 8.07. The van der Waals surface area contributed by atoms with Crippen LogP contribution in [0.3, 0.4) is 0 Å². The summed E-state index contributed by atoms with van der Waals surface area (Å²) in [5.74, 6) is -0.780. The summed E-state index contributed by atoms with van der Waals surface area (Å²) in [6.07, 6.45) is 8.32. The topological polar surface area (TPSA) is 52.6 Å². The Morgan fingerprint density at radius 2 is 1.77 bits per heavy atom. The van der Waals surface area contributed by atoms with Crippen LogP contribution in [0.1, 0.15) is 47.0 Å². The molecule has 0 aromatic carbocycles. The van der Waals surface area contributed by atoms with E-state index in [0.717, 1.165) is 12.0 Å². The number of carbonyl (C=O) groups excluding carboxylic acids is 2. The minimum Gasteiger partial charge on any atom is -0.465 e. The van der Waals surface area contributed by atoms with Crippen molar-refractivity contribution >= 4 is 11.9 Å². The molecular formula is C18H26O4. The molecule has 0 amide bonds. The smallest absolute Gasteiger partial charge is 0.323 e. The number of allylic oxidation sites excluding steroid dienone is 4. The Labute approximate surface area is 132 Å². The number of hydrogen-bond acceptors (Lipinski definition) is 4. The highest BCUT2D eigenvalue weighted by atomic mass is 16.6. The molecule has 1 unspecified atom stereocenters. The molecule has 1 saturated carbocycles. The number of fused-ring (bicyclic) bond motifs is 1. The van der Waals surface area contributed by atoms with Gasteiger partial charge >= 0.3 is 11.9 Å². The van der Waals surface area contributed by atoms with E-state index in [2.05, 4.69) is 32.1 Å². The van der Waals surface area contributed by atoms with Crippen molar-refractivity contribution in [3.05, 3.63) is 23.8 Å². The first kappa shape index (κ1) is 16.8. The first-order valence-electron chi connectivity index (χ1n) is 8.07. The molecule has 122 valence electrons. The fraction of sp³-hybridized carbons (Fsp3) is 0.667. The normalized spacial score (nSPS) is 24.9. The molecule has 0 radical (unpaired) electrons. The van der Waals surface area contributed by atoms with Crippen LogP contribution in [0.4, 0.5) is 0 Å². The van der Waals surface area contributed by atoms with Gasteiger partial charge in [0, 0.05) is 0 Å². The molecular weight excluding hydrogens is 280 g/mol. The highest BCUT2D eigenvalue weighted by molar-refractivity contribution is 6.01. The van der Waals surface area contributed by atoms with Crippen LogP contribution in [0.2, 0.25) is 0 Å². The Hall–Kier alpha value is -1.58. The third-order valence-corrected chi connectivity index (χ3v) is 4.47. The molecule has 0 bridgehead atoms. The number of esters is 2. The van der Waals surface area contributed by atoms with Gasteiger partial charge in [-0.25, -0.2) is 0 Å². The summed E-state index contributed by atoms with van der Waals surface area (Å²) < 4.78 is 10.4. The molecule has 1 fully saturated rings. The van der Waals surface area contributed by atoms with Crippen molar-refractivity contribution in [3.63, 3.8) is 0 Å². The van der Waals surface area contributed by atoms with Crippen LogP contribution >= 0.6 is 0 Å². The Morgan fingerprint density at radius 1 is 1.18 bits per heavy atom. The average Bonchev–Trinajstić information content (AvgIpc) is 2.72. The fourth-order valence-corrected chi connectivity index (χ4v) is 3.44. The highest BCUT2D eigenvalue weighted by Crippen LogP contribution is 2.50. The van der Waals surface area contributed by atoms with E-state index >= 15 is 0 Å². The van der Waals surface area contributed by atoms with Gasteiger partial charge in [-0.1, -0.05) is 37.6 Å². The predicted octanol–water partition coefficient (Wildman–Crippen LogP) is 3.42. The Morgan fingerprint density at radius 3 is 2.32 bits per heavy atom. The van der Waals surface area contributed by atoms with Crippen LogP contribution in [-0.4, -0.2) is 25.2 Å². The van der Waals surface area contributed by atoms with Crippen molar-refractivity contribution in [2.75, 3.05) is 13.2 Å². The van der Waals surface area contributed by atoms with Crippen LogP contribution in [0.15, 0.2) is 23.8 Å². The van der Waals surface area contributed by atoms with E-state index in [0.29, 0.717) is 12.8 Å². The summed E-state index contributed by atoms with van der Waals surface area (Å²) in [6.45, 7) is 8.39. The largest absolute Gasteiger partial charge is 0.465 e. The minimum absolute atomic E-state index is 0.0417. The van der Waals surface area contributed by atoms with E-state index < -0.39 is 17.4 Å². The van der Waals surface area contributed by atoms with Gasteiger partial charge in [-0.05, 0) is 44.4 Å². The summed E-state index contributed by atoms with van der Waals surface area (Å²) in [6, 6.07) is 0. The van der Waals surface area contributed by atoms with Crippen molar-refractivity contribution in [2.24, 2.45) is 16.7 Å². The van der Waals surface area contributed by atoms with Gasteiger partial charge in [0.05, 0.1) is 13.2 Å². The summed E-state index contributed by atoms with van der Waals surface area (Å²) in [5, 5.41) is 0. The maximum absolute atomic E-state index is 12.5. The number of rotatable bonds is 4. The van der Waals surface area contributed by atoms with Gasteiger partial charge in [-0.3, -0.25) is 9.59 Å². The van der Waals surface area contributed by atoms with Gasteiger partial charge in [-0.2, -0.15) is 0 Å². The monoisotopic (exact) mass is 306 g/mol. The van der Waals surface area contributed by atoms with Crippen LogP contribution in [0, 0.1) is 16.7 Å². The fourth-order valence-electron chi connectivity index (χ4n) is 3.44. The molecule has 0 aromatic heterocycles. The second kappa shape index (κ2) is 6.27. The predicted molar refractivity (Wildman–Crippen MR) is 84.0 cm³/mol. The lowest BCUT2D eigenvalue weighted by molar-refractivity contribution is -0.171. The maximum Gasteiger partial charge on any atom is 0.323 e. The van der Waals surface area contributed by atoms with Crippen LogP contribution in [0.5, 0.6) is 0 Å². The molecule has 0 heterocycles. The van der Waals surface area contributed by atoms with Crippen molar-refractivity contribution in [3.8, 4) is 0 Å². The van der Waals surface area contributed by atoms with E-state index in [4.69, 9.17) is 9.47 Å². The van der Waals surface area contributed by atoms with Crippen molar-refractivity contribution in [2.45, 2.75) is 47.0 Å². The lowest BCUT2D eigenvalue weighted by atomic mass is 9.83. The summed E-state index contributed by atoms with van der Waals surface area (Å²) in [4.78, 5) is 25.0. The molecule has 0 aliphatic heterocycles. The Kier molecular flexibility index (Phi) is 4.78. The van der Waals surface area contributed by atoms with Gasteiger partial charge in [-0.15, -0.1) is 0 Å². The van der Waals surface area contributed by atoms with Crippen molar-refractivity contribution in [1.82, 2.24) is 0 Å². The van der Waals surface area contributed by atoms with E-state index in [-0.39, 0.29) is 24.5 Å². The third-order valence-electron chi connectivity index (χ3n) is 4.47. The molecule has 0 spiro atoms. The third kappa shape index (κ3) is 3.11. The zero-order valence-electron chi connectivity index (χ0n) is 14.0. The quantitative estimate of drug-likeness (QED) is 0.454.